The smallest absolute Gasteiger partial charge is 0.0297 e. The summed E-state index contributed by atoms with van der Waals surface area (Å²) >= 11 is 0. The van der Waals surface area contributed by atoms with Crippen LogP contribution < -0.4 is 5.73 Å². The molecule has 0 spiro atoms. The molecule has 1 heteroatoms. The number of nitrogens with two attached hydrogens (primary N) is 1. The molecular formula is C28H25N. The monoisotopic (exact) mass is 375 g/mol. The third-order valence-electron chi connectivity index (χ3n) is 6.07. The molecule has 0 saturated carbocycles. The fourth-order valence-electron chi connectivity index (χ4n) is 4.58. The molecule has 0 bridgehead atoms. The lowest BCUT2D eigenvalue weighted by atomic mass is 9.84. The van der Waals surface area contributed by atoms with E-state index < -0.39 is 0 Å². The predicted molar refractivity (Wildman–Crippen MR) is 125 cm³/mol. The van der Waals surface area contributed by atoms with E-state index in [0.29, 0.717) is 0 Å². The van der Waals surface area contributed by atoms with Gasteiger partial charge in [0.15, 0.2) is 0 Å². The zero-order valence-electron chi connectivity index (χ0n) is 16.5. The van der Waals surface area contributed by atoms with Crippen LogP contribution in [0.2, 0.25) is 0 Å². The first-order valence-electron chi connectivity index (χ1n) is 10.4. The number of hydrogen-bond donors (Lipinski definition) is 1. The zero-order chi connectivity index (χ0) is 19.6. The number of fused-ring (bicyclic) bond motifs is 6. The molecule has 0 aliphatic heterocycles. The summed E-state index contributed by atoms with van der Waals surface area (Å²) in [6, 6.07) is 34.6. The average molecular weight is 376 g/mol. The van der Waals surface area contributed by atoms with Crippen LogP contribution in [0.4, 0.5) is 0 Å². The first-order chi connectivity index (χ1) is 14.3. The largest absolute Gasteiger partial charge is 0.324 e. The van der Waals surface area contributed by atoms with Crippen molar-refractivity contribution in [2.24, 2.45) is 5.73 Å². The van der Waals surface area contributed by atoms with E-state index in [-0.39, 0.29) is 6.04 Å². The van der Waals surface area contributed by atoms with Crippen LogP contribution in [0.15, 0.2) is 97.1 Å². The molecule has 0 radical (unpaired) electrons. The first-order valence-corrected chi connectivity index (χ1v) is 10.4. The highest BCUT2D eigenvalue weighted by atomic mass is 14.6. The summed E-state index contributed by atoms with van der Waals surface area (Å²) in [5.41, 5.74) is 9.08. The van der Waals surface area contributed by atoms with E-state index in [1.54, 1.807) is 0 Å². The normalized spacial score (nSPS) is 15.7. The standard InChI is InChI=1S/C18H17N.C10H8/c19-18-7-3-6-14-16-9-8-12-4-1-2-5-13(12)15(16)10-11-17(14)18;1-2-6-10-8-4-3-7-9(10)5-1/h1-2,4-5,8-11,18H,3,6-7,19H2;1-8H. The van der Waals surface area contributed by atoms with Gasteiger partial charge in [0.25, 0.3) is 0 Å². The van der Waals surface area contributed by atoms with Crippen LogP contribution in [0.1, 0.15) is 30.0 Å². The molecule has 0 aromatic heterocycles. The van der Waals surface area contributed by atoms with E-state index in [1.807, 2.05) is 0 Å². The van der Waals surface area contributed by atoms with Crippen molar-refractivity contribution in [3.05, 3.63) is 108 Å². The molecule has 0 heterocycles. The molecular weight excluding hydrogens is 350 g/mol. The lowest BCUT2D eigenvalue weighted by Gasteiger charge is -2.24. The molecule has 1 unspecified atom stereocenters. The van der Waals surface area contributed by atoms with Gasteiger partial charge in [-0.25, -0.2) is 0 Å². The van der Waals surface area contributed by atoms with E-state index in [2.05, 4.69) is 97.1 Å². The number of hydrogen-bond acceptors (Lipinski definition) is 1. The summed E-state index contributed by atoms with van der Waals surface area (Å²) in [5.74, 6) is 0. The Morgan fingerprint density at radius 1 is 0.552 bits per heavy atom. The third-order valence-corrected chi connectivity index (χ3v) is 6.07. The Balaban J connectivity index is 0.000000153. The minimum absolute atomic E-state index is 0.222. The maximum Gasteiger partial charge on any atom is 0.0297 e. The molecule has 2 N–H and O–H groups in total. The molecule has 0 saturated heterocycles. The van der Waals surface area contributed by atoms with Gasteiger partial charge >= 0.3 is 0 Å². The fraction of sp³-hybridized carbons (Fsp3) is 0.143. The van der Waals surface area contributed by atoms with Gasteiger partial charge in [0, 0.05) is 6.04 Å². The van der Waals surface area contributed by atoms with Crippen molar-refractivity contribution >= 4 is 32.3 Å². The maximum absolute atomic E-state index is 6.25. The predicted octanol–water partition coefficient (Wildman–Crippen LogP) is 7.17. The third kappa shape index (κ3) is 3.39. The lowest BCUT2D eigenvalue weighted by molar-refractivity contribution is 0.573. The summed E-state index contributed by atoms with van der Waals surface area (Å²) in [6.45, 7) is 0. The fourth-order valence-corrected chi connectivity index (χ4v) is 4.58. The Kier molecular flexibility index (Phi) is 4.75. The second-order valence-electron chi connectivity index (χ2n) is 7.86. The Labute approximate surface area is 171 Å². The van der Waals surface area contributed by atoms with Crippen molar-refractivity contribution in [3.63, 3.8) is 0 Å². The van der Waals surface area contributed by atoms with Crippen molar-refractivity contribution in [2.75, 3.05) is 0 Å². The molecule has 5 aromatic carbocycles. The van der Waals surface area contributed by atoms with Crippen LogP contribution in [0.5, 0.6) is 0 Å². The molecule has 1 atom stereocenters. The number of rotatable bonds is 0. The van der Waals surface area contributed by atoms with Gasteiger partial charge in [0.2, 0.25) is 0 Å². The van der Waals surface area contributed by atoms with Crippen molar-refractivity contribution in [1.82, 2.24) is 0 Å². The summed E-state index contributed by atoms with van der Waals surface area (Å²) in [6.07, 6.45) is 3.49. The van der Waals surface area contributed by atoms with Gasteiger partial charge in [-0.05, 0) is 62.7 Å². The van der Waals surface area contributed by atoms with Crippen LogP contribution in [0.25, 0.3) is 32.3 Å². The summed E-state index contributed by atoms with van der Waals surface area (Å²) < 4.78 is 0. The zero-order valence-corrected chi connectivity index (χ0v) is 16.5. The quantitative estimate of drug-likeness (QED) is 0.285. The SMILES string of the molecule is NC1CCCc2c1ccc1c2ccc2ccccc21.c1ccc2ccccc2c1. The molecule has 1 aliphatic rings. The summed E-state index contributed by atoms with van der Waals surface area (Å²) in [4.78, 5) is 0. The average Bonchev–Trinajstić information content (AvgIpc) is 2.79. The van der Waals surface area contributed by atoms with Gasteiger partial charge in [-0.15, -0.1) is 0 Å². The topological polar surface area (TPSA) is 26.0 Å². The first kappa shape index (κ1) is 17.9. The summed E-state index contributed by atoms with van der Waals surface area (Å²) in [5, 5.41) is 8.05. The highest BCUT2D eigenvalue weighted by Crippen LogP contribution is 2.36. The lowest BCUT2D eigenvalue weighted by Crippen LogP contribution is -2.17. The second kappa shape index (κ2) is 7.69. The Morgan fingerprint density at radius 2 is 1.14 bits per heavy atom. The molecule has 29 heavy (non-hydrogen) atoms. The van der Waals surface area contributed by atoms with Crippen LogP contribution in [0.3, 0.4) is 0 Å². The van der Waals surface area contributed by atoms with E-state index in [1.165, 1.54) is 56.3 Å². The molecule has 1 nitrogen and oxygen atoms in total. The van der Waals surface area contributed by atoms with Crippen LogP contribution in [0, 0.1) is 0 Å². The molecule has 1 aliphatic carbocycles. The maximum atomic E-state index is 6.25. The molecule has 6 rings (SSSR count). The van der Waals surface area contributed by atoms with Crippen LogP contribution >= 0.6 is 0 Å². The molecule has 5 aromatic rings. The van der Waals surface area contributed by atoms with Gasteiger partial charge < -0.3 is 5.73 Å². The summed E-state index contributed by atoms with van der Waals surface area (Å²) in [7, 11) is 0. The van der Waals surface area contributed by atoms with E-state index in [4.69, 9.17) is 5.73 Å². The highest BCUT2D eigenvalue weighted by molar-refractivity contribution is 6.08. The second-order valence-corrected chi connectivity index (χ2v) is 7.86. The van der Waals surface area contributed by atoms with Crippen molar-refractivity contribution < 1.29 is 0 Å². The number of aryl methyl sites for hydroxylation is 1. The van der Waals surface area contributed by atoms with Crippen LogP contribution in [-0.2, 0) is 6.42 Å². The number of benzene rings is 5. The minimum Gasteiger partial charge on any atom is -0.324 e. The van der Waals surface area contributed by atoms with E-state index in [0.717, 1.165) is 6.42 Å². The highest BCUT2D eigenvalue weighted by Gasteiger charge is 2.19. The van der Waals surface area contributed by atoms with Gasteiger partial charge in [-0.1, -0.05) is 97.1 Å². The van der Waals surface area contributed by atoms with Gasteiger partial charge in [0.1, 0.15) is 0 Å². The Bertz CT molecular complexity index is 1240. The van der Waals surface area contributed by atoms with Gasteiger partial charge in [-0.2, -0.15) is 0 Å². The minimum atomic E-state index is 0.222. The van der Waals surface area contributed by atoms with Crippen molar-refractivity contribution in [1.29, 1.82) is 0 Å². The molecule has 142 valence electrons. The van der Waals surface area contributed by atoms with Crippen LogP contribution in [-0.4, -0.2) is 0 Å². The van der Waals surface area contributed by atoms with Gasteiger partial charge in [-0.3, -0.25) is 0 Å². The molecule has 0 amide bonds. The Morgan fingerprint density at radius 3 is 1.83 bits per heavy atom. The van der Waals surface area contributed by atoms with E-state index >= 15 is 0 Å². The molecule has 0 fully saturated rings. The van der Waals surface area contributed by atoms with E-state index in [9.17, 15) is 0 Å². The Hall–Kier alpha value is -3.16. The van der Waals surface area contributed by atoms with Gasteiger partial charge in [0.05, 0.1) is 0 Å². The van der Waals surface area contributed by atoms with Crippen molar-refractivity contribution in [3.8, 4) is 0 Å². The van der Waals surface area contributed by atoms with Crippen molar-refractivity contribution in [2.45, 2.75) is 25.3 Å².